The second-order valence-electron chi connectivity index (χ2n) is 5.42. The van der Waals surface area contributed by atoms with E-state index in [9.17, 15) is 0 Å². The second kappa shape index (κ2) is 7.20. The molecule has 116 valence electrons. The van der Waals surface area contributed by atoms with E-state index < -0.39 is 0 Å². The molecule has 2 aromatic heterocycles. The highest BCUT2D eigenvalue weighted by Crippen LogP contribution is 2.26. The van der Waals surface area contributed by atoms with Crippen LogP contribution in [-0.4, -0.2) is 27.0 Å². The molecular formula is C14H21Cl2N5. The Balaban J connectivity index is 0.00000110. The Labute approximate surface area is 137 Å². The van der Waals surface area contributed by atoms with Gasteiger partial charge in [-0.25, -0.2) is 15.0 Å². The molecular weight excluding hydrogens is 309 g/mol. The summed E-state index contributed by atoms with van der Waals surface area (Å²) in [7, 11) is 0. The normalized spacial score (nSPS) is 20.7. The van der Waals surface area contributed by atoms with Crippen LogP contribution in [0.1, 0.15) is 30.5 Å². The van der Waals surface area contributed by atoms with Gasteiger partial charge in [0.15, 0.2) is 5.65 Å². The lowest BCUT2D eigenvalue weighted by Gasteiger charge is -2.15. The summed E-state index contributed by atoms with van der Waals surface area (Å²) < 4.78 is 0. The molecule has 0 unspecified atom stereocenters. The summed E-state index contributed by atoms with van der Waals surface area (Å²) in [6.07, 6.45) is 4.76. The Morgan fingerprint density at radius 1 is 1.19 bits per heavy atom. The van der Waals surface area contributed by atoms with Crippen LogP contribution in [0.25, 0.3) is 11.0 Å². The topological polar surface area (TPSA) is 76.7 Å². The molecule has 5 nitrogen and oxygen atoms in total. The third-order valence-corrected chi connectivity index (χ3v) is 3.74. The first-order chi connectivity index (χ1) is 9.13. The average Bonchev–Trinajstić information content (AvgIpc) is 2.74. The van der Waals surface area contributed by atoms with E-state index in [-0.39, 0.29) is 24.8 Å². The summed E-state index contributed by atoms with van der Waals surface area (Å²) in [6, 6.07) is 2.79. The molecule has 1 saturated carbocycles. The molecule has 0 radical (unpaired) electrons. The minimum Gasteiger partial charge on any atom is -0.367 e. The fourth-order valence-electron chi connectivity index (χ4n) is 2.86. The van der Waals surface area contributed by atoms with Gasteiger partial charge in [0.05, 0.1) is 5.39 Å². The number of aromatic nitrogens is 3. The van der Waals surface area contributed by atoms with Gasteiger partial charge in [-0.3, -0.25) is 0 Å². The van der Waals surface area contributed by atoms with Gasteiger partial charge in [0, 0.05) is 17.8 Å². The van der Waals surface area contributed by atoms with Crippen LogP contribution in [0.15, 0.2) is 12.4 Å². The summed E-state index contributed by atoms with van der Waals surface area (Å²) in [5.41, 5.74) is 8.86. The van der Waals surface area contributed by atoms with E-state index in [4.69, 9.17) is 5.73 Å². The zero-order chi connectivity index (χ0) is 13.4. The number of nitrogens with two attached hydrogens (primary N) is 1. The van der Waals surface area contributed by atoms with Crippen LogP contribution in [0.3, 0.4) is 0 Å². The third kappa shape index (κ3) is 3.73. The van der Waals surface area contributed by atoms with Gasteiger partial charge < -0.3 is 11.1 Å². The van der Waals surface area contributed by atoms with Crippen molar-refractivity contribution < 1.29 is 0 Å². The molecule has 0 amide bonds. The van der Waals surface area contributed by atoms with E-state index in [1.807, 2.05) is 6.92 Å². The van der Waals surface area contributed by atoms with E-state index in [1.54, 1.807) is 6.33 Å². The molecule has 2 aromatic rings. The van der Waals surface area contributed by atoms with E-state index in [1.165, 1.54) is 0 Å². The fraction of sp³-hybridized carbons (Fsp3) is 0.500. The van der Waals surface area contributed by atoms with Crippen LogP contribution in [-0.2, 0) is 0 Å². The predicted octanol–water partition coefficient (Wildman–Crippen LogP) is 2.78. The molecule has 3 rings (SSSR count). The Morgan fingerprint density at radius 2 is 1.95 bits per heavy atom. The number of nitrogens with one attached hydrogen (secondary N) is 1. The molecule has 2 atom stereocenters. The van der Waals surface area contributed by atoms with Crippen LogP contribution in [0.2, 0.25) is 0 Å². The van der Waals surface area contributed by atoms with Gasteiger partial charge in [-0.05, 0) is 44.7 Å². The zero-order valence-electron chi connectivity index (χ0n) is 12.2. The largest absolute Gasteiger partial charge is 0.367 e. The lowest BCUT2D eigenvalue weighted by molar-refractivity contribution is 0.687. The second-order valence-corrected chi connectivity index (χ2v) is 5.42. The molecule has 0 aliphatic heterocycles. The first-order valence-corrected chi connectivity index (χ1v) is 6.74. The highest BCUT2D eigenvalue weighted by Gasteiger charge is 2.22. The van der Waals surface area contributed by atoms with Gasteiger partial charge in [-0.1, -0.05) is 0 Å². The Morgan fingerprint density at radius 3 is 2.62 bits per heavy atom. The maximum atomic E-state index is 5.96. The van der Waals surface area contributed by atoms with Crippen molar-refractivity contribution in [3.63, 3.8) is 0 Å². The quantitative estimate of drug-likeness (QED) is 0.885. The van der Waals surface area contributed by atoms with Crippen LogP contribution in [0, 0.1) is 13.8 Å². The first-order valence-electron chi connectivity index (χ1n) is 6.74. The number of rotatable bonds is 2. The number of nitrogens with zero attached hydrogens (tertiary/aromatic N) is 3. The molecule has 1 aliphatic rings. The Kier molecular flexibility index (Phi) is 6.13. The minimum atomic E-state index is 0. The van der Waals surface area contributed by atoms with Crippen molar-refractivity contribution >= 4 is 41.7 Å². The number of anilines is 1. The summed E-state index contributed by atoms with van der Waals surface area (Å²) in [4.78, 5) is 13.1. The highest BCUT2D eigenvalue weighted by molar-refractivity contribution is 5.89. The smallest absolute Gasteiger partial charge is 0.165 e. The zero-order valence-corrected chi connectivity index (χ0v) is 13.8. The SMILES string of the molecule is Cc1cc(C)c2c(N[C@@H]3CC[C@@H](N)C3)ncnc2n1.Cl.Cl. The number of fused-ring (bicyclic) bond motifs is 1. The molecule has 0 aromatic carbocycles. The summed E-state index contributed by atoms with van der Waals surface area (Å²) in [5, 5.41) is 4.53. The number of aryl methyl sites for hydroxylation is 2. The molecule has 2 heterocycles. The molecule has 21 heavy (non-hydrogen) atoms. The van der Waals surface area contributed by atoms with Crippen molar-refractivity contribution in [1.82, 2.24) is 15.0 Å². The summed E-state index contributed by atoms with van der Waals surface area (Å²) >= 11 is 0. The fourth-order valence-corrected chi connectivity index (χ4v) is 2.86. The van der Waals surface area contributed by atoms with E-state index in [2.05, 4.69) is 33.3 Å². The maximum absolute atomic E-state index is 5.96. The Bertz CT molecular complexity index is 620. The summed E-state index contributed by atoms with van der Waals surface area (Å²) in [6.45, 7) is 4.06. The lowest BCUT2D eigenvalue weighted by atomic mass is 10.1. The van der Waals surface area contributed by atoms with E-state index in [0.29, 0.717) is 12.1 Å². The summed E-state index contributed by atoms with van der Waals surface area (Å²) in [5.74, 6) is 0.883. The molecule has 7 heteroatoms. The third-order valence-electron chi connectivity index (χ3n) is 3.74. The number of hydrogen-bond acceptors (Lipinski definition) is 5. The van der Waals surface area contributed by atoms with Crippen molar-refractivity contribution in [3.05, 3.63) is 23.7 Å². The van der Waals surface area contributed by atoms with Crippen molar-refractivity contribution in [1.29, 1.82) is 0 Å². The Hall–Kier alpha value is -1.17. The molecule has 3 N–H and O–H groups in total. The molecule has 1 aliphatic carbocycles. The van der Waals surface area contributed by atoms with Gasteiger partial charge in [-0.2, -0.15) is 0 Å². The number of halogens is 2. The standard InChI is InChI=1S/C14H19N5.2ClH/c1-8-5-9(2)18-13-12(8)14(17-7-16-13)19-11-4-3-10(15)6-11;;/h5,7,10-11H,3-4,6,15H2,1-2H3,(H,16,17,18,19);2*1H/t10-,11-;;/m1../s1. The van der Waals surface area contributed by atoms with Gasteiger partial charge >= 0.3 is 0 Å². The lowest BCUT2D eigenvalue weighted by Crippen LogP contribution is -2.21. The minimum absolute atomic E-state index is 0. The van der Waals surface area contributed by atoms with Crippen LogP contribution in [0.5, 0.6) is 0 Å². The maximum Gasteiger partial charge on any atom is 0.165 e. The van der Waals surface area contributed by atoms with Gasteiger partial charge in [0.25, 0.3) is 0 Å². The van der Waals surface area contributed by atoms with E-state index >= 15 is 0 Å². The molecule has 1 fully saturated rings. The van der Waals surface area contributed by atoms with Crippen molar-refractivity contribution in [2.45, 2.75) is 45.2 Å². The molecule has 0 saturated heterocycles. The van der Waals surface area contributed by atoms with Gasteiger partial charge in [-0.15, -0.1) is 24.8 Å². The van der Waals surface area contributed by atoms with Crippen LogP contribution < -0.4 is 11.1 Å². The van der Waals surface area contributed by atoms with E-state index in [0.717, 1.165) is 47.4 Å². The average molecular weight is 330 g/mol. The highest BCUT2D eigenvalue weighted by atomic mass is 35.5. The van der Waals surface area contributed by atoms with Crippen molar-refractivity contribution in [3.8, 4) is 0 Å². The predicted molar refractivity (Wildman–Crippen MR) is 90.5 cm³/mol. The first kappa shape index (κ1) is 17.9. The molecule has 0 spiro atoms. The molecule has 0 bridgehead atoms. The van der Waals surface area contributed by atoms with Crippen molar-refractivity contribution in [2.75, 3.05) is 5.32 Å². The monoisotopic (exact) mass is 329 g/mol. The van der Waals surface area contributed by atoms with Crippen LogP contribution in [0.4, 0.5) is 5.82 Å². The van der Waals surface area contributed by atoms with Crippen molar-refractivity contribution in [2.24, 2.45) is 5.73 Å². The number of hydrogen-bond donors (Lipinski definition) is 2. The van der Waals surface area contributed by atoms with Crippen LogP contribution >= 0.6 is 24.8 Å². The van der Waals surface area contributed by atoms with Gasteiger partial charge in [0.2, 0.25) is 0 Å². The van der Waals surface area contributed by atoms with Gasteiger partial charge in [0.1, 0.15) is 12.1 Å². The number of pyridine rings is 1.